The number of nitrogens with one attached hydrogen (secondary N) is 12. The summed E-state index contributed by atoms with van der Waals surface area (Å²) in [6, 6.07) is 6.51. The molecule has 0 saturated carbocycles. The molecule has 3 aliphatic heterocycles. The van der Waals surface area contributed by atoms with E-state index in [2.05, 4.69) is 78.1 Å². The number of ether oxygens (including phenoxy) is 1. The minimum absolute atomic E-state index is 0.00157. The third kappa shape index (κ3) is 20.4. The van der Waals surface area contributed by atoms with Crippen LogP contribution in [0.2, 0.25) is 0 Å². The lowest BCUT2D eigenvalue weighted by Gasteiger charge is -2.37. The molecule has 4 aromatic carbocycles. The lowest BCUT2D eigenvalue weighted by Crippen LogP contribution is -2.63. The summed E-state index contributed by atoms with van der Waals surface area (Å²) in [7, 11) is 1.45. The lowest BCUT2D eigenvalue weighted by atomic mass is 9.94. The van der Waals surface area contributed by atoms with Gasteiger partial charge in [0.05, 0.1) is 37.4 Å². The summed E-state index contributed by atoms with van der Waals surface area (Å²) in [5.74, 6) is -12.7. The summed E-state index contributed by atoms with van der Waals surface area (Å²) < 4.78 is 36.9. The second kappa shape index (κ2) is 35.8. The van der Waals surface area contributed by atoms with Crippen molar-refractivity contribution in [2.45, 2.75) is 164 Å². The quantitative estimate of drug-likeness (QED) is 0.0438. The lowest BCUT2D eigenvalue weighted by molar-refractivity contribution is -0.147. The number of primary amides is 1. The molecule has 0 radical (unpaired) electrons. The van der Waals surface area contributed by atoms with Gasteiger partial charge in [-0.2, -0.15) is 0 Å². The van der Waals surface area contributed by atoms with E-state index in [-0.39, 0.29) is 85.6 Å². The van der Waals surface area contributed by atoms with Gasteiger partial charge in [0.1, 0.15) is 77.3 Å². The number of carboxylic acid groups (broad SMARTS) is 1. The summed E-state index contributed by atoms with van der Waals surface area (Å²) in [5, 5.41) is 43.2. The van der Waals surface area contributed by atoms with Crippen LogP contribution in [0, 0.1) is 11.6 Å². The number of H-pyrrole nitrogens is 3. The van der Waals surface area contributed by atoms with Gasteiger partial charge < -0.3 is 89.0 Å². The summed E-state index contributed by atoms with van der Waals surface area (Å²) in [6.45, 7) is 4.21. The van der Waals surface area contributed by atoms with E-state index in [9.17, 15) is 43.5 Å². The molecule has 1 fully saturated rings. The molecule has 10 atom stereocenters. The van der Waals surface area contributed by atoms with E-state index < -0.39 is 168 Å². The normalized spacial score (nSPS) is 22.9. The molecule has 576 valence electrons. The second-order valence-electron chi connectivity index (χ2n) is 27.3. The number of hydrogen-bond acceptors (Lipinski definition) is 17. The average molecular weight is 1500 g/mol. The number of aromatic amines is 3. The van der Waals surface area contributed by atoms with E-state index in [4.69, 9.17) is 16.2 Å². The highest BCUT2D eigenvalue weighted by Crippen LogP contribution is 2.32. The Hall–Kier alpha value is -12.4. The first-order valence-corrected chi connectivity index (χ1v) is 35.5. The number of carbonyl (C=O) groups excluding carboxylic acids is 11. The SMILES string of the molecule is COc1ccc(C[C@@H]2NC(=O)[C@H](Cc3cnc[nH]3)NC(=O)[C@H](CC(=O)O)NC(=O)[C@H](Cc3c[nH]c4ccc(F)cc34)NC(=O)[C@H](Cc3c[nH]c4ccc(F)cc34)NC(=O)[C@@H](C)NC(=O)[C@H](CCCCN)NC(=O)[C@@H](NC(C)=O)CCc3cn(nn3)-c3ccc(cc3)C[C@@H](C(N)=O)NC(=O)[C@]3(C)CCCN3C2=O)cc1. The molecule has 3 aliphatic rings. The number of fused-ring (bicyclic) bond motifs is 31. The maximum absolute atomic E-state index is 15.4. The standard InChI is InChI=1S/C74H87F2N19O14/c1-39-65(100)86-58(28-43-34-80-53-20-13-45(75)30-51(43)53)68(103)87-59(29-44-35-81-54-21-14-46(76)31-52(44)54)69(104)89-61(33-63(97)98)71(106)88-60(32-48-36-79-38-82-48)70(105)90-62(27-42-11-18-50(109-4)19-12-42)72(107)94-25-7-23-74(94,3)73(108)91-57(64(78)99)26-41-9-16-49(17-10-41)95-37-47(92-93-95)15-22-56(84-40(2)96)67(102)85-55(66(101)83-39)8-5-6-24-77/h9-14,16-21,30-31,34-39,55-62,80-81H,5-8,15,22-29,32-33,77H2,1-4H3,(H2,78,99)(H,79,82)(H,83,101)(H,84,96)(H,85,102)(H,86,100)(H,87,103)(H,88,106)(H,89,104)(H,90,105)(H,91,108)(H,97,98)/t39-,55+,56+,57+,58+,59+,60+,61+,62+,74+/m1/s1. The van der Waals surface area contributed by atoms with Crippen LogP contribution in [0.25, 0.3) is 27.5 Å². The zero-order chi connectivity index (χ0) is 78.2. The van der Waals surface area contributed by atoms with E-state index in [0.29, 0.717) is 52.1 Å². The van der Waals surface area contributed by atoms with Gasteiger partial charge in [0.15, 0.2) is 0 Å². The number of nitrogens with two attached hydrogens (primary N) is 2. The van der Waals surface area contributed by atoms with Crippen molar-refractivity contribution in [3.05, 3.63) is 161 Å². The van der Waals surface area contributed by atoms with Crippen molar-refractivity contribution in [2.24, 2.45) is 11.5 Å². The van der Waals surface area contributed by atoms with Crippen LogP contribution in [-0.4, -0.2) is 196 Å². The number of carbonyl (C=O) groups is 12. The minimum atomic E-state index is -2.07. The van der Waals surface area contributed by atoms with Crippen molar-refractivity contribution in [1.29, 1.82) is 0 Å². The van der Waals surface area contributed by atoms with E-state index >= 15 is 28.0 Å². The first-order chi connectivity index (χ1) is 52.1. The van der Waals surface area contributed by atoms with Crippen molar-refractivity contribution in [3.8, 4) is 11.4 Å². The molecular weight excluding hydrogens is 1420 g/mol. The monoisotopic (exact) mass is 1500 g/mol. The van der Waals surface area contributed by atoms with Crippen molar-refractivity contribution >= 4 is 92.8 Å². The number of aliphatic carboxylic acids is 1. The highest BCUT2D eigenvalue weighted by molar-refractivity contribution is 6.01. The molecule has 11 amide bonds. The Labute approximate surface area is 622 Å². The highest BCUT2D eigenvalue weighted by Gasteiger charge is 2.49. The number of benzene rings is 4. The Kier molecular flexibility index (Phi) is 26.0. The van der Waals surface area contributed by atoms with Crippen LogP contribution in [0.5, 0.6) is 5.75 Å². The Morgan fingerprint density at radius 3 is 1.83 bits per heavy atom. The van der Waals surface area contributed by atoms with E-state index in [1.807, 2.05) is 0 Å². The molecule has 4 aromatic heterocycles. The first-order valence-electron chi connectivity index (χ1n) is 35.5. The first kappa shape index (κ1) is 79.1. The highest BCUT2D eigenvalue weighted by atomic mass is 19.1. The summed E-state index contributed by atoms with van der Waals surface area (Å²) in [4.78, 5) is 187. The number of aromatic nitrogens is 7. The van der Waals surface area contributed by atoms with Gasteiger partial charge in [-0.25, -0.2) is 18.4 Å². The molecule has 33 nitrogen and oxygen atoms in total. The predicted octanol–water partition coefficient (Wildman–Crippen LogP) is 0.572. The van der Waals surface area contributed by atoms with Crippen LogP contribution in [0.4, 0.5) is 8.78 Å². The fraction of sp³-hybridized carbons (Fsp3) is 0.392. The Morgan fingerprint density at radius 2 is 1.26 bits per heavy atom. The largest absolute Gasteiger partial charge is 0.497 e. The number of aryl methyl sites for hydroxylation is 1. The van der Waals surface area contributed by atoms with Crippen molar-refractivity contribution in [2.75, 3.05) is 20.2 Å². The molecular formula is C74H87F2N19O14. The zero-order valence-electron chi connectivity index (χ0n) is 60.2. The maximum Gasteiger partial charge on any atom is 0.305 e. The van der Waals surface area contributed by atoms with Gasteiger partial charge in [0.25, 0.3) is 0 Å². The number of rotatable bonds is 17. The third-order valence-corrected chi connectivity index (χ3v) is 19.4. The molecule has 8 aromatic rings. The molecule has 1 saturated heterocycles. The van der Waals surface area contributed by atoms with Crippen LogP contribution in [-0.2, 0) is 96.1 Å². The van der Waals surface area contributed by atoms with Gasteiger partial charge in [-0.05, 0) is 148 Å². The van der Waals surface area contributed by atoms with Gasteiger partial charge in [-0.15, -0.1) is 5.10 Å². The van der Waals surface area contributed by atoms with Crippen molar-refractivity contribution < 1.29 is 76.2 Å². The van der Waals surface area contributed by atoms with Gasteiger partial charge in [-0.1, -0.05) is 29.5 Å². The summed E-state index contributed by atoms with van der Waals surface area (Å²) >= 11 is 0. The fourth-order valence-corrected chi connectivity index (χ4v) is 13.3. The number of unbranched alkanes of at least 4 members (excludes halogenated alkanes) is 1. The number of halogens is 2. The number of methoxy groups -OCH3 is 1. The molecule has 7 heterocycles. The number of imidazole rings is 1. The Morgan fingerprint density at radius 1 is 0.679 bits per heavy atom. The Balaban J connectivity index is 1.02. The van der Waals surface area contributed by atoms with Crippen molar-refractivity contribution in [3.63, 3.8) is 0 Å². The van der Waals surface area contributed by atoms with E-state index in [0.717, 1.165) is 6.07 Å². The van der Waals surface area contributed by atoms with Crippen LogP contribution in [0.3, 0.4) is 0 Å². The molecule has 35 heteroatoms. The molecule has 0 spiro atoms. The molecule has 17 N–H and O–H groups in total. The molecule has 0 unspecified atom stereocenters. The van der Waals surface area contributed by atoms with Crippen LogP contribution in [0.15, 0.2) is 116 Å². The van der Waals surface area contributed by atoms with Gasteiger partial charge in [-0.3, -0.25) is 57.5 Å². The Bertz CT molecular complexity index is 4660. The van der Waals surface area contributed by atoms with E-state index in [1.165, 1.54) is 92.7 Å². The predicted molar refractivity (Wildman–Crippen MR) is 389 cm³/mol. The van der Waals surface area contributed by atoms with Gasteiger partial charge >= 0.3 is 5.97 Å². The average Bonchev–Trinajstić information content (AvgIpc) is 1.62. The number of hydrogen-bond donors (Lipinski definition) is 15. The third-order valence-electron chi connectivity index (χ3n) is 19.4. The van der Waals surface area contributed by atoms with Crippen LogP contribution < -0.4 is 64.1 Å². The number of amides is 11. The van der Waals surface area contributed by atoms with Crippen LogP contribution >= 0.6 is 0 Å². The molecule has 109 heavy (non-hydrogen) atoms. The fourth-order valence-electron chi connectivity index (χ4n) is 13.3. The molecule has 11 rings (SSSR count). The molecule has 4 bridgehead atoms. The topological polar surface area (TPSA) is 489 Å². The number of nitrogens with zero attached hydrogens (tertiary/aromatic N) is 5. The van der Waals surface area contributed by atoms with Gasteiger partial charge in [0.2, 0.25) is 65.0 Å². The molecule has 0 aliphatic carbocycles. The summed E-state index contributed by atoms with van der Waals surface area (Å²) in [6.07, 6.45) is 5.41. The second-order valence-corrected chi connectivity index (χ2v) is 27.3. The van der Waals surface area contributed by atoms with Crippen molar-refractivity contribution in [1.82, 2.24) is 87.7 Å². The maximum atomic E-state index is 15.4. The van der Waals surface area contributed by atoms with Gasteiger partial charge in [0, 0.05) is 91.7 Å². The zero-order valence-corrected chi connectivity index (χ0v) is 60.2. The summed E-state index contributed by atoms with van der Waals surface area (Å²) in [5.41, 5.74) is 13.6. The van der Waals surface area contributed by atoms with E-state index in [1.54, 1.807) is 54.7 Å². The minimum Gasteiger partial charge on any atom is -0.497 e. The number of carboxylic acids is 1. The smallest absolute Gasteiger partial charge is 0.305 e. The van der Waals surface area contributed by atoms with Crippen LogP contribution in [0.1, 0.15) is 99.4 Å².